The van der Waals surface area contributed by atoms with E-state index in [1.165, 1.54) is 0 Å². The van der Waals surface area contributed by atoms with Crippen LogP contribution in [0.15, 0.2) is 0 Å². The first kappa shape index (κ1) is 11.4. The second-order valence-corrected chi connectivity index (χ2v) is 5.92. The third-order valence-electron chi connectivity index (χ3n) is 0.475. The number of hydrogen-bond donors (Lipinski definition) is 0. The lowest BCUT2D eigenvalue weighted by atomic mass is 11.9. The van der Waals surface area contributed by atoms with E-state index in [0.29, 0.717) is 0 Å². The Balaban J connectivity index is 4.54. The lowest BCUT2D eigenvalue weighted by Crippen LogP contribution is -2.14. The predicted octanol–water partition coefficient (Wildman–Crippen LogP) is 0.0552. The maximum Gasteiger partial charge on any atom is 0.295 e. The van der Waals surface area contributed by atoms with Gasteiger partial charge in [0.1, 0.15) is 0 Å². The second-order valence-electron chi connectivity index (χ2n) is 1.40. The molecular weight excluding hydrogens is 239 g/mol. The van der Waals surface area contributed by atoms with E-state index < -0.39 is 30.7 Å². The van der Waals surface area contributed by atoms with E-state index in [1.54, 1.807) is 0 Å². The molecular formula is C2H4Cl2O5S2. The van der Waals surface area contributed by atoms with Gasteiger partial charge < -0.3 is 0 Å². The molecule has 0 aliphatic rings. The highest BCUT2D eigenvalue weighted by molar-refractivity contribution is 8.00. The summed E-state index contributed by atoms with van der Waals surface area (Å²) in [5, 5.41) is -1.85. The quantitative estimate of drug-likeness (QED) is 0.652. The summed E-state index contributed by atoms with van der Waals surface area (Å²) in [5.41, 5.74) is 0. The molecule has 0 aliphatic heterocycles. The van der Waals surface area contributed by atoms with Crippen molar-refractivity contribution in [1.29, 1.82) is 0 Å². The molecule has 0 aromatic rings. The normalized spacial score (nSPS) is 13.3. The standard InChI is InChI=1S/C2H4Cl2O5S2/c3-1-10(5,6)9-11(7,8)2-4/h1-2H2. The summed E-state index contributed by atoms with van der Waals surface area (Å²) in [6.07, 6.45) is 0. The predicted molar refractivity (Wildman–Crippen MR) is 40.4 cm³/mol. The Labute approximate surface area is 74.5 Å². The van der Waals surface area contributed by atoms with Crippen molar-refractivity contribution >= 4 is 43.4 Å². The average Bonchev–Trinajstić information content (AvgIpc) is 1.86. The Bertz CT molecular complexity index is 269. The van der Waals surface area contributed by atoms with Crippen LogP contribution in [0.3, 0.4) is 0 Å². The minimum Gasteiger partial charge on any atom is -0.197 e. The largest absolute Gasteiger partial charge is 0.295 e. The molecule has 0 aromatic carbocycles. The summed E-state index contributed by atoms with van der Waals surface area (Å²) < 4.78 is 45.1. The van der Waals surface area contributed by atoms with Crippen LogP contribution in [0.4, 0.5) is 0 Å². The molecule has 11 heavy (non-hydrogen) atoms. The molecule has 9 heteroatoms. The molecule has 0 unspecified atom stereocenters. The molecule has 0 aliphatic carbocycles. The topological polar surface area (TPSA) is 77.5 Å². The van der Waals surface area contributed by atoms with Crippen molar-refractivity contribution < 1.29 is 20.5 Å². The molecule has 0 bridgehead atoms. The molecule has 0 heterocycles. The number of alkyl halides is 2. The van der Waals surface area contributed by atoms with Gasteiger partial charge in [-0.1, -0.05) is 0 Å². The van der Waals surface area contributed by atoms with Crippen LogP contribution in [-0.4, -0.2) is 27.3 Å². The first-order chi connectivity index (χ1) is 4.83. The highest BCUT2D eigenvalue weighted by Gasteiger charge is 2.20. The van der Waals surface area contributed by atoms with Crippen molar-refractivity contribution in [2.75, 3.05) is 10.4 Å². The molecule has 0 radical (unpaired) electrons. The Kier molecular flexibility index (Phi) is 4.06. The van der Waals surface area contributed by atoms with Crippen molar-refractivity contribution in [3.63, 3.8) is 0 Å². The van der Waals surface area contributed by atoms with Crippen LogP contribution >= 0.6 is 23.2 Å². The summed E-state index contributed by atoms with van der Waals surface area (Å²) in [6, 6.07) is 0. The zero-order chi connectivity index (χ0) is 9.12. The van der Waals surface area contributed by atoms with E-state index in [9.17, 15) is 16.8 Å². The van der Waals surface area contributed by atoms with Crippen molar-refractivity contribution in [2.24, 2.45) is 0 Å². The highest BCUT2D eigenvalue weighted by Crippen LogP contribution is 2.04. The average molecular weight is 243 g/mol. The fourth-order valence-electron chi connectivity index (χ4n) is 0.194. The lowest BCUT2D eigenvalue weighted by Gasteiger charge is -1.98. The van der Waals surface area contributed by atoms with Gasteiger partial charge in [0.05, 0.1) is 0 Å². The fourth-order valence-corrected chi connectivity index (χ4v) is 2.40. The monoisotopic (exact) mass is 242 g/mol. The first-order valence-corrected chi connectivity index (χ1v) is 6.34. The second kappa shape index (κ2) is 3.90. The van der Waals surface area contributed by atoms with E-state index in [2.05, 4.69) is 3.63 Å². The molecule has 0 saturated heterocycles. The van der Waals surface area contributed by atoms with Crippen LogP contribution in [0.5, 0.6) is 0 Å². The van der Waals surface area contributed by atoms with Gasteiger partial charge in [0.15, 0.2) is 10.4 Å². The minimum absolute atomic E-state index is 0.927. The van der Waals surface area contributed by atoms with Gasteiger partial charge in [-0.25, -0.2) is 0 Å². The highest BCUT2D eigenvalue weighted by atomic mass is 35.5. The third-order valence-corrected chi connectivity index (χ3v) is 4.27. The number of halogens is 2. The van der Waals surface area contributed by atoms with E-state index in [-0.39, 0.29) is 0 Å². The summed E-state index contributed by atoms with van der Waals surface area (Å²) in [5.74, 6) is 0. The lowest BCUT2D eigenvalue weighted by molar-refractivity contribution is 0.469. The first-order valence-electron chi connectivity index (χ1n) is 2.11. The molecule has 0 fully saturated rings. The zero-order valence-corrected chi connectivity index (χ0v) is 8.17. The van der Waals surface area contributed by atoms with Gasteiger partial charge in [-0.15, -0.1) is 26.8 Å². The summed E-state index contributed by atoms with van der Waals surface area (Å²) in [4.78, 5) is 0. The summed E-state index contributed by atoms with van der Waals surface area (Å²) >= 11 is 9.67. The SMILES string of the molecule is O=S(=O)(CCl)OS(=O)(=O)CCl. The molecule has 0 saturated carbocycles. The van der Waals surface area contributed by atoms with Crippen LogP contribution in [0.25, 0.3) is 0 Å². The maximum absolute atomic E-state index is 10.4. The molecule has 0 N–H and O–H groups in total. The van der Waals surface area contributed by atoms with Crippen LogP contribution in [0.1, 0.15) is 0 Å². The molecule has 0 amide bonds. The van der Waals surface area contributed by atoms with Gasteiger partial charge in [-0.2, -0.15) is 16.8 Å². The summed E-state index contributed by atoms with van der Waals surface area (Å²) in [6.45, 7) is 0. The number of rotatable bonds is 4. The van der Waals surface area contributed by atoms with Crippen molar-refractivity contribution in [3.05, 3.63) is 0 Å². The van der Waals surface area contributed by atoms with Gasteiger partial charge >= 0.3 is 0 Å². The minimum atomic E-state index is -4.20. The van der Waals surface area contributed by atoms with Gasteiger partial charge in [-0.05, 0) is 0 Å². The molecule has 68 valence electrons. The Hall–Kier alpha value is 0.440. The van der Waals surface area contributed by atoms with Crippen LogP contribution in [-0.2, 0) is 23.9 Å². The Morgan fingerprint density at radius 3 is 1.36 bits per heavy atom. The van der Waals surface area contributed by atoms with Gasteiger partial charge in [0.25, 0.3) is 20.2 Å². The van der Waals surface area contributed by atoms with E-state index in [1.807, 2.05) is 0 Å². The van der Waals surface area contributed by atoms with Crippen LogP contribution in [0, 0.1) is 0 Å². The molecule has 0 aromatic heterocycles. The van der Waals surface area contributed by atoms with Crippen molar-refractivity contribution in [1.82, 2.24) is 0 Å². The Morgan fingerprint density at radius 1 is 0.909 bits per heavy atom. The van der Waals surface area contributed by atoms with Gasteiger partial charge in [-0.3, -0.25) is 0 Å². The fraction of sp³-hybridized carbons (Fsp3) is 1.00. The van der Waals surface area contributed by atoms with E-state index in [0.717, 1.165) is 0 Å². The summed E-state index contributed by atoms with van der Waals surface area (Å²) in [7, 11) is -8.39. The van der Waals surface area contributed by atoms with Gasteiger partial charge in [0.2, 0.25) is 0 Å². The van der Waals surface area contributed by atoms with Crippen LogP contribution < -0.4 is 0 Å². The smallest absolute Gasteiger partial charge is 0.197 e. The van der Waals surface area contributed by atoms with Crippen molar-refractivity contribution in [2.45, 2.75) is 0 Å². The van der Waals surface area contributed by atoms with E-state index >= 15 is 0 Å². The third kappa shape index (κ3) is 4.81. The maximum atomic E-state index is 10.4. The molecule has 0 atom stereocenters. The molecule has 0 rings (SSSR count). The van der Waals surface area contributed by atoms with E-state index in [4.69, 9.17) is 23.2 Å². The number of hydrogen-bond acceptors (Lipinski definition) is 5. The van der Waals surface area contributed by atoms with Crippen LogP contribution in [0.2, 0.25) is 0 Å². The molecule has 0 spiro atoms. The van der Waals surface area contributed by atoms with Gasteiger partial charge in [0, 0.05) is 0 Å². The zero-order valence-electron chi connectivity index (χ0n) is 5.03. The van der Waals surface area contributed by atoms with Crippen molar-refractivity contribution in [3.8, 4) is 0 Å². The molecule has 5 nitrogen and oxygen atoms in total. The Morgan fingerprint density at radius 2 is 1.18 bits per heavy atom.